The molecule has 0 radical (unpaired) electrons. The minimum atomic E-state index is -3.02. The van der Waals surface area contributed by atoms with Crippen molar-refractivity contribution in [1.29, 1.82) is 0 Å². The minimum absolute atomic E-state index is 0.0650. The maximum Gasteiger partial charge on any atom is 0.387 e. The van der Waals surface area contributed by atoms with Crippen LogP contribution in [0.5, 0.6) is 5.75 Å². The van der Waals surface area contributed by atoms with Gasteiger partial charge in [0.1, 0.15) is 5.75 Å². The lowest BCUT2D eigenvalue weighted by Crippen LogP contribution is -2.40. The summed E-state index contributed by atoms with van der Waals surface area (Å²) in [5.41, 5.74) is 1.74. The van der Waals surface area contributed by atoms with Crippen LogP contribution in [0.2, 0.25) is 5.02 Å². The van der Waals surface area contributed by atoms with Gasteiger partial charge in [-0.05, 0) is 36.8 Å². The summed E-state index contributed by atoms with van der Waals surface area (Å²) in [4.78, 5) is 32.4. The number of hydrogen-bond donors (Lipinski definition) is 0. The monoisotopic (exact) mass is 566 g/mol. The van der Waals surface area contributed by atoms with E-state index in [9.17, 15) is 18.4 Å². The van der Waals surface area contributed by atoms with E-state index in [1.807, 2.05) is 30.3 Å². The summed E-state index contributed by atoms with van der Waals surface area (Å²) < 4.78 is 37.7. The highest BCUT2D eigenvalue weighted by molar-refractivity contribution is 7.07. The largest absolute Gasteiger partial charge is 0.463 e. The van der Waals surface area contributed by atoms with Crippen LogP contribution in [0.25, 0.3) is 11.8 Å². The van der Waals surface area contributed by atoms with E-state index in [0.717, 1.165) is 11.3 Å². The molecule has 3 aromatic carbocycles. The molecule has 0 bridgehead atoms. The number of nitrogens with zero attached hydrogens (tertiary/aromatic N) is 2. The number of halogens is 3. The van der Waals surface area contributed by atoms with Gasteiger partial charge >= 0.3 is 12.6 Å². The molecule has 5 rings (SSSR count). The summed E-state index contributed by atoms with van der Waals surface area (Å²) in [6.45, 7) is -1.19. The zero-order valence-corrected chi connectivity index (χ0v) is 22.1. The number of carbonyl (C=O) groups excluding carboxylic acids is 1. The molecule has 0 spiro atoms. The SMILES string of the molecule is CCOC(=O)C1=C(c2ccccc2)N=c2s/c(=C/c3ccccc3OC(F)F)c(=O)n2[C@@H]1c1ccc(Cl)cc1. The van der Waals surface area contributed by atoms with Gasteiger partial charge in [0, 0.05) is 16.1 Å². The lowest BCUT2D eigenvalue weighted by atomic mass is 9.93. The zero-order chi connectivity index (χ0) is 27.5. The Labute approximate surface area is 230 Å². The van der Waals surface area contributed by atoms with Gasteiger partial charge in [-0.1, -0.05) is 83.6 Å². The maximum atomic E-state index is 13.9. The number of rotatable bonds is 7. The molecule has 2 heterocycles. The van der Waals surface area contributed by atoms with Crippen molar-refractivity contribution < 1.29 is 23.0 Å². The summed E-state index contributed by atoms with van der Waals surface area (Å²) in [6, 6.07) is 21.3. The van der Waals surface area contributed by atoms with Crippen molar-refractivity contribution in [3.63, 3.8) is 0 Å². The molecule has 39 heavy (non-hydrogen) atoms. The molecule has 1 aromatic heterocycles. The van der Waals surface area contributed by atoms with E-state index in [1.165, 1.54) is 16.7 Å². The Hall–Kier alpha value is -4.08. The van der Waals surface area contributed by atoms with E-state index >= 15 is 0 Å². The van der Waals surface area contributed by atoms with Crippen LogP contribution < -0.4 is 19.6 Å². The maximum absolute atomic E-state index is 13.9. The normalized spacial score (nSPS) is 15.2. The van der Waals surface area contributed by atoms with Crippen LogP contribution in [0, 0.1) is 0 Å². The fourth-order valence-electron chi connectivity index (χ4n) is 4.35. The number of alkyl halides is 2. The second-order valence-electron chi connectivity index (χ2n) is 8.40. The Morgan fingerprint density at radius 1 is 1.08 bits per heavy atom. The molecule has 0 N–H and O–H groups in total. The molecule has 6 nitrogen and oxygen atoms in total. The number of ether oxygens (including phenoxy) is 2. The van der Waals surface area contributed by atoms with E-state index in [4.69, 9.17) is 21.3 Å². The molecule has 0 unspecified atom stereocenters. The highest BCUT2D eigenvalue weighted by atomic mass is 35.5. The lowest BCUT2D eigenvalue weighted by molar-refractivity contribution is -0.138. The van der Waals surface area contributed by atoms with Gasteiger partial charge < -0.3 is 9.47 Å². The molecule has 1 atom stereocenters. The standard InChI is InChI=1S/C29H21ClF2N2O4S/c1-2-37-27(36)23-24(17-8-4-3-5-9-17)33-29-34(25(23)18-12-14-20(30)15-13-18)26(35)22(39-29)16-19-10-6-7-11-21(19)38-28(31)32/h3-16,25,28H,2H2,1H3/b22-16+/t25-/m1/s1. The van der Waals surface area contributed by atoms with Crippen LogP contribution in [-0.4, -0.2) is 23.8 Å². The second kappa shape index (κ2) is 11.3. The van der Waals surface area contributed by atoms with Crippen LogP contribution in [0.1, 0.15) is 29.7 Å². The first-order chi connectivity index (χ1) is 18.9. The summed E-state index contributed by atoms with van der Waals surface area (Å²) in [5.74, 6) is -0.671. The molecule has 0 fully saturated rings. The Morgan fingerprint density at radius 3 is 2.46 bits per heavy atom. The van der Waals surface area contributed by atoms with Gasteiger partial charge in [0.2, 0.25) is 0 Å². The van der Waals surface area contributed by atoms with E-state index in [1.54, 1.807) is 49.4 Å². The topological polar surface area (TPSA) is 69.9 Å². The van der Waals surface area contributed by atoms with Gasteiger partial charge in [-0.25, -0.2) is 9.79 Å². The highest BCUT2D eigenvalue weighted by Crippen LogP contribution is 2.35. The number of thiazole rings is 1. The fourth-order valence-corrected chi connectivity index (χ4v) is 5.46. The number of esters is 1. The van der Waals surface area contributed by atoms with Crippen molar-refractivity contribution in [2.45, 2.75) is 19.6 Å². The van der Waals surface area contributed by atoms with Gasteiger partial charge in [0.25, 0.3) is 5.56 Å². The number of benzene rings is 3. The van der Waals surface area contributed by atoms with Gasteiger partial charge in [0.05, 0.1) is 28.5 Å². The fraction of sp³-hybridized carbons (Fsp3) is 0.138. The Bertz CT molecular complexity index is 1730. The molecule has 0 aliphatic carbocycles. The van der Waals surface area contributed by atoms with Crippen molar-refractivity contribution >= 4 is 40.7 Å². The van der Waals surface area contributed by atoms with Crippen molar-refractivity contribution in [1.82, 2.24) is 4.57 Å². The third-order valence-corrected chi connectivity index (χ3v) is 7.22. The second-order valence-corrected chi connectivity index (χ2v) is 9.84. The lowest BCUT2D eigenvalue weighted by Gasteiger charge is -2.25. The quantitative estimate of drug-likeness (QED) is 0.289. The Morgan fingerprint density at radius 2 is 1.77 bits per heavy atom. The van der Waals surface area contributed by atoms with Gasteiger partial charge in [-0.15, -0.1) is 0 Å². The first-order valence-electron chi connectivity index (χ1n) is 11.9. The zero-order valence-electron chi connectivity index (χ0n) is 20.5. The third kappa shape index (κ3) is 5.41. The van der Waals surface area contributed by atoms with Crippen LogP contribution in [-0.2, 0) is 9.53 Å². The van der Waals surface area contributed by atoms with Gasteiger partial charge in [-0.2, -0.15) is 8.78 Å². The Kier molecular flexibility index (Phi) is 7.72. The molecular weight excluding hydrogens is 546 g/mol. The first-order valence-corrected chi connectivity index (χ1v) is 13.1. The highest BCUT2D eigenvalue weighted by Gasteiger charge is 2.35. The molecule has 198 valence electrons. The van der Waals surface area contributed by atoms with Crippen LogP contribution in [0.3, 0.4) is 0 Å². The van der Waals surface area contributed by atoms with E-state index in [0.29, 0.717) is 32.2 Å². The van der Waals surface area contributed by atoms with Crippen molar-refractivity contribution in [3.05, 3.63) is 126 Å². The predicted molar refractivity (Wildman–Crippen MR) is 146 cm³/mol. The average Bonchev–Trinajstić information content (AvgIpc) is 3.24. The first kappa shape index (κ1) is 26.5. The molecule has 4 aromatic rings. The summed E-state index contributed by atoms with van der Waals surface area (Å²) in [7, 11) is 0. The third-order valence-electron chi connectivity index (χ3n) is 5.98. The molecule has 1 aliphatic heterocycles. The van der Waals surface area contributed by atoms with Gasteiger partial charge in [0.15, 0.2) is 4.80 Å². The average molecular weight is 567 g/mol. The summed E-state index contributed by atoms with van der Waals surface area (Å²) >= 11 is 7.23. The molecule has 10 heteroatoms. The molecule has 0 amide bonds. The number of aromatic nitrogens is 1. The van der Waals surface area contributed by atoms with Crippen molar-refractivity contribution in [3.8, 4) is 5.75 Å². The van der Waals surface area contributed by atoms with Gasteiger partial charge in [-0.3, -0.25) is 9.36 Å². The predicted octanol–water partition coefficient (Wildman–Crippen LogP) is 5.19. The van der Waals surface area contributed by atoms with E-state index < -0.39 is 24.2 Å². The number of hydrogen-bond acceptors (Lipinski definition) is 6. The molecular formula is C29H21ClF2N2O4S. The molecule has 1 aliphatic rings. The van der Waals surface area contributed by atoms with Crippen molar-refractivity contribution in [2.75, 3.05) is 6.61 Å². The summed E-state index contributed by atoms with van der Waals surface area (Å²) in [5, 5.41) is 0.492. The number of fused-ring (bicyclic) bond motifs is 1. The van der Waals surface area contributed by atoms with E-state index in [-0.39, 0.29) is 22.5 Å². The number of para-hydroxylation sites is 1. The van der Waals surface area contributed by atoms with Crippen LogP contribution in [0.4, 0.5) is 8.78 Å². The van der Waals surface area contributed by atoms with Crippen molar-refractivity contribution in [2.24, 2.45) is 4.99 Å². The smallest absolute Gasteiger partial charge is 0.387 e. The number of carbonyl (C=O) groups is 1. The minimum Gasteiger partial charge on any atom is -0.463 e. The van der Waals surface area contributed by atoms with Crippen LogP contribution >= 0.6 is 22.9 Å². The van der Waals surface area contributed by atoms with Crippen LogP contribution in [0.15, 0.2) is 94.2 Å². The molecule has 0 saturated carbocycles. The molecule has 0 saturated heterocycles. The summed E-state index contributed by atoms with van der Waals surface area (Å²) in [6.07, 6.45) is 1.48. The Balaban J connectivity index is 1.80. The van der Waals surface area contributed by atoms with E-state index in [2.05, 4.69) is 4.74 Å².